The van der Waals surface area contributed by atoms with Gasteiger partial charge in [0.05, 0.1) is 11.1 Å². The number of carbonyl (C=O) groups is 1. The van der Waals surface area contributed by atoms with Crippen molar-refractivity contribution in [3.05, 3.63) is 28.2 Å². The molecule has 0 heterocycles. The smallest absolute Gasteiger partial charge is 0.166 e. The molecule has 1 aromatic carbocycles. The summed E-state index contributed by atoms with van der Waals surface area (Å²) in [5, 5.41) is 0. The van der Waals surface area contributed by atoms with Gasteiger partial charge in [-0.2, -0.15) is 0 Å². The van der Waals surface area contributed by atoms with Crippen LogP contribution in [0.4, 0.5) is 0 Å². The lowest BCUT2D eigenvalue weighted by Crippen LogP contribution is -2.13. The SMILES string of the molecule is CCCOc1ccc(C(=O)C2CC3CC3C2)cc1Br. The van der Waals surface area contributed by atoms with Crippen molar-refractivity contribution in [3.63, 3.8) is 0 Å². The zero-order chi connectivity index (χ0) is 13.4. The third-order valence-electron chi connectivity index (χ3n) is 4.29. The van der Waals surface area contributed by atoms with E-state index in [4.69, 9.17) is 4.74 Å². The Morgan fingerprint density at radius 1 is 1.32 bits per heavy atom. The molecule has 0 amide bonds. The van der Waals surface area contributed by atoms with Gasteiger partial charge in [-0.1, -0.05) is 6.92 Å². The van der Waals surface area contributed by atoms with E-state index < -0.39 is 0 Å². The van der Waals surface area contributed by atoms with Crippen LogP contribution >= 0.6 is 15.9 Å². The number of ether oxygens (including phenoxy) is 1. The second kappa shape index (κ2) is 5.28. The minimum Gasteiger partial charge on any atom is -0.492 e. The summed E-state index contributed by atoms with van der Waals surface area (Å²) >= 11 is 3.50. The minimum atomic E-state index is 0.262. The van der Waals surface area contributed by atoms with Gasteiger partial charge in [-0.3, -0.25) is 4.79 Å². The van der Waals surface area contributed by atoms with Crippen LogP contribution in [0.15, 0.2) is 22.7 Å². The number of halogens is 1. The summed E-state index contributed by atoms with van der Waals surface area (Å²) in [7, 11) is 0. The Morgan fingerprint density at radius 2 is 2.05 bits per heavy atom. The third-order valence-corrected chi connectivity index (χ3v) is 4.91. The van der Waals surface area contributed by atoms with Crippen molar-refractivity contribution < 1.29 is 9.53 Å². The maximum Gasteiger partial charge on any atom is 0.166 e. The molecule has 1 aromatic rings. The van der Waals surface area contributed by atoms with Crippen LogP contribution in [0.3, 0.4) is 0 Å². The van der Waals surface area contributed by atoms with Gasteiger partial charge in [-0.15, -0.1) is 0 Å². The van der Waals surface area contributed by atoms with E-state index >= 15 is 0 Å². The van der Waals surface area contributed by atoms with Gasteiger partial charge >= 0.3 is 0 Å². The second-order valence-corrected chi connectivity index (χ2v) is 6.64. The lowest BCUT2D eigenvalue weighted by Gasteiger charge is -2.12. The Labute approximate surface area is 122 Å². The number of carbonyl (C=O) groups excluding carboxylic acids is 1. The van der Waals surface area contributed by atoms with Crippen molar-refractivity contribution >= 4 is 21.7 Å². The molecule has 0 radical (unpaired) electrons. The van der Waals surface area contributed by atoms with Gasteiger partial charge < -0.3 is 4.74 Å². The normalized spacial score (nSPS) is 28.0. The van der Waals surface area contributed by atoms with E-state index in [0.717, 1.165) is 46.9 Å². The van der Waals surface area contributed by atoms with Gasteiger partial charge in [-0.25, -0.2) is 0 Å². The van der Waals surface area contributed by atoms with Gasteiger partial charge in [0.2, 0.25) is 0 Å². The highest BCUT2D eigenvalue weighted by molar-refractivity contribution is 9.10. The predicted octanol–water partition coefficient (Wildman–Crippen LogP) is 4.47. The van der Waals surface area contributed by atoms with Gasteiger partial charge in [0.1, 0.15) is 5.75 Å². The first-order valence-corrected chi connectivity index (χ1v) is 7.95. The molecule has 2 aliphatic carbocycles. The molecule has 19 heavy (non-hydrogen) atoms. The molecule has 102 valence electrons. The molecule has 0 N–H and O–H groups in total. The second-order valence-electron chi connectivity index (χ2n) is 5.78. The molecule has 2 unspecified atom stereocenters. The van der Waals surface area contributed by atoms with Crippen LogP contribution in [0.1, 0.15) is 43.0 Å². The fraction of sp³-hybridized carbons (Fsp3) is 0.562. The molecule has 0 aromatic heterocycles. The number of hydrogen-bond donors (Lipinski definition) is 0. The number of ketones is 1. The van der Waals surface area contributed by atoms with Crippen LogP contribution in [-0.4, -0.2) is 12.4 Å². The van der Waals surface area contributed by atoms with E-state index in [1.165, 1.54) is 6.42 Å². The zero-order valence-corrected chi connectivity index (χ0v) is 12.8. The number of Topliss-reactive ketones (excluding diaryl/α,β-unsaturated/α-hetero) is 1. The minimum absolute atomic E-state index is 0.262. The van der Waals surface area contributed by atoms with Crippen LogP contribution in [0.25, 0.3) is 0 Å². The van der Waals surface area contributed by atoms with E-state index in [1.807, 2.05) is 18.2 Å². The van der Waals surface area contributed by atoms with Gasteiger partial charge in [0.15, 0.2) is 5.78 Å². The first-order chi connectivity index (χ1) is 9.19. The average molecular weight is 323 g/mol. The first-order valence-electron chi connectivity index (χ1n) is 7.15. The summed E-state index contributed by atoms with van der Waals surface area (Å²) in [6.07, 6.45) is 4.56. The van der Waals surface area contributed by atoms with E-state index in [1.54, 1.807) is 0 Å². The Kier molecular flexibility index (Phi) is 3.66. The van der Waals surface area contributed by atoms with Gasteiger partial charge in [0.25, 0.3) is 0 Å². The van der Waals surface area contributed by atoms with E-state index in [2.05, 4.69) is 22.9 Å². The van der Waals surface area contributed by atoms with Gasteiger partial charge in [0, 0.05) is 11.5 Å². The topological polar surface area (TPSA) is 26.3 Å². The highest BCUT2D eigenvalue weighted by atomic mass is 79.9. The standard InChI is InChI=1S/C16H19BrO2/c1-2-5-19-15-4-3-10(9-14(15)17)16(18)13-7-11-6-12(11)8-13/h3-4,9,11-13H,2,5-8H2,1H3. The Morgan fingerprint density at radius 3 is 2.68 bits per heavy atom. The van der Waals surface area contributed by atoms with Crippen molar-refractivity contribution in [1.29, 1.82) is 0 Å². The summed E-state index contributed by atoms with van der Waals surface area (Å²) < 4.78 is 6.50. The maximum absolute atomic E-state index is 12.4. The molecule has 2 saturated carbocycles. The van der Waals surface area contributed by atoms with Crippen molar-refractivity contribution in [1.82, 2.24) is 0 Å². The van der Waals surface area contributed by atoms with Crippen LogP contribution in [-0.2, 0) is 0 Å². The molecule has 3 heteroatoms. The zero-order valence-electron chi connectivity index (χ0n) is 11.2. The van der Waals surface area contributed by atoms with Crippen LogP contribution in [0.2, 0.25) is 0 Å². The Bertz CT molecular complexity index is 488. The van der Waals surface area contributed by atoms with Crippen molar-refractivity contribution in [2.75, 3.05) is 6.61 Å². The fourth-order valence-electron chi connectivity index (χ4n) is 3.15. The van der Waals surface area contributed by atoms with Gasteiger partial charge in [-0.05, 0) is 71.6 Å². The Balaban J connectivity index is 1.70. The fourth-order valence-corrected chi connectivity index (χ4v) is 3.64. The van der Waals surface area contributed by atoms with E-state index in [0.29, 0.717) is 12.4 Å². The average Bonchev–Trinajstić information content (AvgIpc) is 3.03. The molecule has 2 nitrogen and oxygen atoms in total. The molecular formula is C16H19BrO2. The number of hydrogen-bond acceptors (Lipinski definition) is 2. The van der Waals surface area contributed by atoms with Crippen LogP contribution < -0.4 is 4.74 Å². The molecule has 0 saturated heterocycles. The molecule has 2 atom stereocenters. The Hall–Kier alpha value is -0.830. The van der Waals surface area contributed by atoms with E-state index in [-0.39, 0.29) is 5.92 Å². The first kappa shape index (κ1) is 13.2. The summed E-state index contributed by atoms with van der Waals surface area (Å²) in [4.78, 5) is 12.4. The summed E-state index contributed by atoms with van der Waals surface area (Å²) in [5.41, 5.74) is 0.821. The molecule has 0 spiro atoms. The summed E-state index contributed by atoms with van der Waals surface area (Å²) in [6, 6.07) is 5.72. The number of benzene rings is 1. The molecule has 2 fully saturated rings. The highest BCUT2D eigenvalue weighted by Crippen LogP contribution is 2.55. The summed E-state index contributed by atoms with van der Waals surface area (Å²) in [5.74, 6) is 3.11. The molecule has 2 aliphatic rings. The van der Waals surface area contributed by atoms with Crippen molar-refractivity contribution in [2.24, 2.45) is 17.8 Å². The predicted molar refractivity (Wildman–Crippen MR) is 78.6 cm³/mol. The lowest BCUT2D eigenvalue weighted by molar-refractivity contribution is 0.0914. The maximum atomic E-state index is 12.4. The number of rotatable bonds is 5. The lowest BCUT2D eigenvalue weighted by atomic mass is 9.93. The molecule has 0 bridgehead atoms. The monoisotopic (exact) mass is 322 g/mol. The third kappa shape index (κ3) is 2.71. The molecular weight excluding hydrogens is 304 g/mol. The van der Waals surface area contributed by atoms with Crippen LogP contribution in [0, 0.1) is 17.8 Å². The van der Waals surface area contributed by atoms with Crippen molar-refractivity contribution in [3.8, 4) is 5.75 Å². The highest BCUT2D eigenvalue weighted by Gasteiger charge is 2.47. The quantitative estimate of drug-likeness (QED) is 0.748. The molecule has 3 rings (SSSR count). The van der Waals surface area contributed by atoms with Crippen LogP contribution in [0.5, 0.6) is 5.75 Å². The summed E-state index contributed by atoms with van der Waals surface area (Å²) in [6.45, 7) is 2.79. The van der Waals surface area contributed by atoms with Crippen molar-refractivity contribution in [2.45, 2.75) is 32.6 Å². The molecule has 0 aliphatic heterocycles. The number of fused-ring (bicyclic) bond motifs is 1. The largest absolute Gasteiger partial charge is 0.492 e. The van der Waals surface area contributed by atoms with E-state index in [9.17, 15) is 4.79 Å².